The van der Waals surface area contributed by atoms with Gasteiger partial charge in [-0.2, -0.15) is 5.26 Å². The van der Waals surface area contributed by atoms with Crippen LogP contribution in [0.4, 0.5) is 0 Å². The van der Waals surface area contributed by atoms with Crippen molar-refractivity contribution >= 4 is 5.91 Å². The first-order valence-corrected chi connectivity index (χ1v) is 5.79. The fraction of sp³-hybridized carbons (Fsp3) is 0.429. The van der Waals surface area contributed by atoms with Gasteiger partial charge in [0.05, 0.1) is 6.07 Å². The van der Waals surface area contributed by atoms with Crippen molar-refractivity contribution in [2.24, 2.45) is 5.92 Å². The number of aryl methyl sites for hydroxylation is 1. The second-order valence-electron chi connectivity index (χ2n) is 4.21. The fourth-order valence-electron chi connectivity index (χ4n) is 1.71. The molecule has 0 aromatic heterocycles. The summed E-state index contributed by atoms with van der Waals surface area (Å²) in [5, 5.41) is 8.87. The van der Waals surface area contributed by atoms with E-state index in [9.17, 15) is 4.79 Å². The second kappa shape index (κ2) is 6.05. The van der Waals surface area contributed by atoms with Crippen LogP contribution in [0.15, 0.2) is 24.3 Å². The van der Waals surface area contributed by atoms with Crippen LogP contribution in [-0.2, 0) is 11.3 Å². The molecule has 17 heavy (non-hydrogen) atoms. The van der Waals surface area contributed by atoms with E-state index in [1.54, 1.807) is 11.9 Å². The topological polar surface area (TPSA) is 44.1 Å². The average molecular weight is 230 g/mol. The number of amides is 1. The van der Waals surface area contributed by atoms with E-state index in [1.165, 1.54) is 0 Å². The van der Waals surface area contributed by atoms with Gasteiger partial charge in [0.2, 0.25) is 5.91 Å². The van der Waals surface area contributed by atoms with E-state index in [0.717, 1.165) is 11.1 Å². The Morgan fingerprint density at radius 3 is 2.65 bits per heavy atom. The average Bonchev–Trinajstić information content (AvgIpc) is 2.33. The van der Waals surface area contributed by atoms with Crippen LogP contribution in [0, 0.1) is 24.2 Å². The van der Waals surface area contributed by atoms with Crippen LogP contribution in [0.5, 0.6) is 0 Å². The van der Waals surface area contributed by atoms with E-state index in [-0.39, 0.29) is 5.91 Å². The predicted molar refractivity (Wildman–Crippen MR) is 67.0 cm³/mol. The standard InChI is InChI=1S/C14H18N2O/c1-4-12(9-15)14(17)16(3)10-13-8-6-5-7-11(13)2/h5-8,12H,4,10H2,1-3H3. The van der Waals surface area contributed by atoms with Gasteiger partial charge in [0.15, 0.2) is 0 Å². The van der Waals surface area contributed by atoms with Gasteiger partial charge >= 0.3 is 0 Å². The minimum Gasteiger partial charge on any atom is -0.340 e. The van der Waals surface area contributed by atoms with Crippen LogP contribution in [0.2, 0.25) is 0 Å². The molecule has 0 N–H and O–H groups in total. The molecule has 0 radical (unpaired) electrons. The smallest absolute Gasteiger partial charge is 0.239 e. The summed E-state index contributed by atoms with van der Waals surface area (Å²) in [6.45, 7) is 4.44. The molecular formula is C14H18N2O. The van der Waals surface area contributed by atoms with Gasteiger partial charge in [-0.1, -0.05) is 31.2 Å². The van der Waals surface area contributed by atoms with Gasteiger partial charge in [-0.25, -0.2) is 0 Å². The molecule has 90 valence electrons. The summed E-state index contributed by atoms with van der Waals surface area (Å²) in [4.78, 5) is 13.5. The molecule has 1 amide bonds. The SMILES string of the molecule is CCC(C#N)C(=O)N(C)Cc1ccccc1C. The van der Waals surface area contributed by atoms with Crippen molar-refractivity contribution in [3.05, 3.63) is 35.4 Å². The monoisotopic (exact) mass is 230 g/mol. The maximum absolute atomic E-state index is 11.9. The van der Waals surface area contributed by atoms with Crippen LogP contribution in [-0.4, -0.2) is 17.9 Å². The maximum atomic E-state index is 11.9. The van der Waals surface area contributed by atoms with Crippen LogP contribution in [0.25, 0.3) is 0 Å². The van der Waals surface area contributed by atoms with Crippen LogP contribution < -0.4 is 0 Å². The maximum Gasteiger partial charge on any atom is 0.239 e. The van der Waals surface area contributed by atoms with E-state index in [0.29, 0.717) is 13.0 Å². The predicted octanol–water partition coefficient (Wildman–Crippen LogP) is 2.50. The molecule has 1 aromatic carbocycles. The number of hydrogen-bond acceptors (Lipinski definition) is 2. The van der Waals surface area contributed by atoms with E-state index in [4.69, 9.17) is 5.26 Å². The zero-order valence-corrected chi connectivity index (χ0v) is 10.6. The first-order chi connectivity index (χ1) is 8.10. The van der Waals surface area contributed by atoms with Crippen molar-refractivity contribution in [1.29, 1.82) is 5.26 Å². The number of hydrogen-bond donors (Lipinski definition) is 0. The van der Waals surface area contributed by atoms with Crippen molar-refractivity contribution in [1.82, 2.24) is 4.90 Å². The molecule has 1 unspecified atom stereocenters. The number of nitrogens with zero attached hydrogens (tertiary/aromatic N) is 2. The Morgan fingerprint density at radius 1 is 1.47 bits per heavy atom. The minimum absolute atomic E-state index is 0.0988. The van der Waals surface area contributed by atoms with Gasteiger partial charge in [-0.3, -0.25) is 4.79 Å². The Kier molecular flexibility index (Phi) is 4.71. The number of rotatable bonds is 4. The molecule has 0 aliphatic heterocycles. The summed E-state index contributed by atoms with van der Waals surface area (Å²) in [5.74, 6) is -0.623. The largest absolute Gasteiger partial charge is 0.340 e. The third-order valence-corrected chi connectivity index (χ3v) is 2.91. The normalized spacial score (nSPS) is 11.6. The molecule has 0 spiro atoms. The summed E-state index contributed by atoms with van der Waals surface area (Å²) in [6.07, 6.45) is 0.563. The molecule has 0 aliphatic carbocycles. The Morgan fingerprint density at radius 2 is 2.12 bits per heavy atom. The third kappa shape index (κ3) is 3.32. The van der Waals surface area contributed by atoms with Crippen molar-refractivity contribution in [2.75, 3.05) is 7.05 Å². The van der Waals surface area contributed by atoms with E-state index in [1.807, 2.05) is 44.2 Å². The molecule has 0 fully saturated rings. The lowest BCUT2D eigenvalue weighted by atomic mass is 10.1. The lowest BCUT2D eigenvalue weighted by Gasteiger charge is -2.20. The first-order valence-electron chi connectivity index (χ1n) is 5.79. The Balaban J connectivity index is 2.73. The third-order valence-electron chi connectivity index (χ3n) is 2.91. The van der Waals surface area contributed by atoms with Gasteiger partial charge in [0, 0.05) is 13.6 Å². The van der Waals surface area contributed by atoms with Gasteiger partial charge < -0.3 is 4.90 Å². The fourth-order valence-corrected chi connectivity index (χ4v) is 1.71. The highest BCUT2D eigenvalue weighted by atomic mass is 16.2. The summed E-state index contributed by atoms with van der Waals surface area (Å²) in [6, 6.07) is 10.0. The molecule has 0 saturated carbocycles. The molecule has 3 heteroatoms. The number of nitriles is 1. The highest BCUT2D eigenvalue weighted by Gasteiger charge is 2.19. The highest BCUT2D eigenvalue weighted by Crippen LogP contribution is 2.12. The van der Waals surface area contributed by atoms with Gasteiger partial charge in [-0.05, 0) is 24.5 Å². The number of carbonyl (C=O) groups is 1. The first kappa shape index (κ1) is 13.2. The van der Waals surface area contributed by atoms with E-state index >= 15 is 0 Å². The van der Waals surface area contributed by atoms with E-state index < -0.39 is 5.92 Å². The van der Waals surface area contributed by atoms with Gasteiger partial charge in [0.25, 0.3) is 0 Å². The van der Waals surface area contributed by atoms with Crippen LogP contribution in [0.3, 0.4) is 0 Å². The van der Waals surface area contributed by atoms with Crippen molar-refractivity contribution in [2.45, 2.75) is 26.8 Å². The van der Waals surface area contributed by atoms with Crippen LogP contribution in [0.1, 0.15) is 24.5 Å². The van der Waals surface area contributed by atoms with Crippen LogP contribution >= 0.6 is 0 Å². The quantitative estimate of drug-likeness (QED) is 0.797. The zero-order chi connectivity index (χ0) is 12.8. The molecule has 0 heterocycles. The molecule has 0 bridgehead atoms. The molecular weight excluding hydrogens is 212 g/mol. The summed E-state index contributed by atoms with van der Waals surface area (Å²) < 4.78 is 0. The summed E-state index contributed by atoms with van der Waals surface area (Å²) >= 11 is 0. The van der Waals surface area contributed by atoms with Gasteiger partial charge in [-0.15, -0.1) is 0 Å². The molecule has 0 aliphatic rings. The Bertz CT molecular complexity index is 434. The molecule has 1 rings (SSSR count). The number of benzene rings is 1. The van der Waals surface area contributed by atoms with E-state index in [2.05, 4.69) is 0 Å². The highest BCUT2D eigenvalue weighted by molar-refractivity contribution is 5.80. The van der Waals surface area contributed by atoms with Crippen molar-refractivity contribution in [3.8, 4) is 6.07 Å². The molecule has 1 atom stereocenters. The van der Waals surface area contributed by atoms with Gasteiger partial charge in [0.1, 0.15) is 5.92 Å². The second-order valence-corrected chi connectivity index (χ2v) is 4.21. The van der Waals surface area contributed by atoms with Crippen molar-refractivity contribution < 1.29 is 4.79 Å². The van der Waals surface area contributed by atoms with Crippen molar-refractivity contribution in [3.63, 3.8) is 0 Å². The molecule has 3 nitrogen and oxygen atoms in total. The summed E-state index contributed by atoms with van der Waals surface area (Å²) in [7, 11) is 1.74. The lowest BCUT2D eigenvalue weighted by molar-refractivity contribution is -0.133. The lowest BCUT2D eigenvalue weighted by Crippen LogP contribution is -2.31. The Labute approximate surface area is 103 Å². The molecule has 0 saturated heterocycles. The number of carbonyl (C=O) groups excluding carboxylic acids is 1. The summed E-state index contributed by atoms with van der Waals surface area (Å²) in [5.41, 5.74) is 2.29. The molecule has 1 aromatic rings. The minimum atomic E-state index is -0.524. The Hall–Kier alpha value is -1.82. The zero-order valence-electron chi connectivity index (χ0n) is 10.6.